The highest BCUT2D eigenvalue weighted by molar-refractivity contribution is 5.83. The molecule has 4 heteroatoms. The molecule has 2 aromatic rings. The first-order valence-corrected chi connectivity index (χ1v) is 7.05. The van der Waals surface area contributed by atoms with Crippen molar-refractivity contribution in [1.82, 2.24) is 0 Å². The Labute approximate surface area is 128 Å². The first-order valence-electron chi connectivity index (χ1n) is 7.05. The van der Waals surface area contributed by atoms with Crippen LogP contribution in [0.15, 0.2) is 42.5 Å². The molecule has 0 aromatic heterocycles. The molecular formula is C18H17F3O. The molecule has 0 aliphatic heterocycles. The lowest BCUT2D eigenvalue weighted by Crippen LogP contribution is -1.91. The summed E-state index contributed by atoms with van der Waals surface area (Å²) in [4.78, 5) is 0. The fraction of sp³-hybridized carbons (Fsp3) is 0.222. The van der Waals surface area contributed by atoms with Crippen LogP contribution in [0.1, 0.15) is 30.0 Å². The molecule has 116 valence electrons. The Balaban J connectivity index is 2.33. The summed E-state index contributed by atoms with van der Waals surface area (Å²) in [6, 6.07) is 10.0. The van der Waals surface area contributed by atoms with Crippen LogP contribution < -0.4 is 4.74 Å². The summed E-state index contributed by atoms with van der Waals surface area (Å²) in [5.41, 5.74) is 1.04. The first kappa shape index (κ1) is 16.1. The molecule has 1 nitrogen and oxygen atoms in total. The Morgan fingerprint density at radius 3 is 2.09 bits per heavy atom. The lowest BCUT2D eigenvalue weighted by Gasteiger charge is -2.06. The molecule has 2 rings (SSSR count). The molecule has 0 atom stereocenters. The maximum absolute atomic E-state index is 14.2. The molecule has 0 saturated carbocycles. The van der Waals surface area contributed by atoms with Crippen molar-refractivity contribution in [3.05, 3.63) is 65.0 Å². The van der Waals surface area contributed by atoms with Gasteiger partial charge in [0.1, 0.15) is 0 Å². The number of hydrogen-bond acceptors (Lipinski definition) is 1. The van der Waals surface area contributed by atoms with Crippen LogP contribution in [-0.2, 0) is 6.42 Å². The van der Waals surface area contributed by atoms with Gasteiger partial charge in [-0.1, -0.05) is 37.6 Å². The Bertz CT molecular complexity index is 675. The number of aryl methyl sites for hydroxylation is 1. The topological polar surface area (TPSA) is 9.23 Å². The molecule has 0 amide bonds. The predicted octanol–water partition coefficient (Wildman–Crippen LogP) is 5.55. The van der Waals surface area contributed by atoms with Crippen LogP contribution in [0.25, 0.3) is 11.7 Å². The van der Waals surface area contributed by atoms with Crippen molar-refractivity contribution in [3.8, 4) is 5.75 Å². The molecule has 0 spiro atoms. The van der Waals surface area contributed by atoms with E-state index in [1.165, 1.54) is 31.4 Å². The number of rotatable bonds is 5. The fourth-order valence-corrected chi connectivity index (χ4v) is 2.16. The monoisotopic (exact) mass is 306 g/mol. The zero-order valence-corrected chi connectivity index (χ0v) is 12.5. The molecule has 0 N–H and O–H groups in total. The van der Waals surface area contributed by atoms with Crippen molar-refractivity contribution >= 4 is 11.7 Å². The van der Waals surface area contributed by atoms with E-state index >= 15 is 0 Å². The van der Waals surface area contributed by atoms with Gasteiger partial charge < -0.3 is 4.74 Å². The smallest absolute Gasteiger partial charge is 0.166 e. The van der Waals surface area contributed by atoms with Gasteiger partial charge >= 0.3 is 0 Å². The minimum Gasteiger partial charge on any atom is -0.494 e. The van der Waals surface area contributed by atoms with Gasteiger partial charge in [-0.3, -0.25) is 0 Å². The number of hydrogen-bond donors (Lipinski definition) is 0. The summed E-state index contributed by atoms with van der Waals surface area (Å²) >= 11 is 0. The number of methoxy groups -OCH3 is 1. The maximum atomic E-state index is 14.2. The van der Waals surface area contributed by atoms with Crippen LogP contribution in [0.5, 0.6) is 5.75 Å². The highest BCUT2D eigenvalue weighted by atomic mass is 19.2. The van der Waals surface area contributed by atoms with E-state index in [0.29, 0.717) is 0 Å². The highest BCUT2D eigenvalue weighted by Crippen LogP contribution is 2.31. The Morgan fingerprint density at radius 1 is 0.955 bits per heavy atom. The standard InChI is InChI=1S/C18H17F3O/c1-3-4-12-5-7-13(8-6-12)17(20)18(21)14-9-10-16(22-2)15(19)11-14/h5-11H,3-4H2,1-2H3/b18-17+. The molecule has 0 unspecified atom stereocenters. The van der Waals surface area contributed by atoms with Gasteiger partial charge in [-0.2, -0.15) is 0 Å². The SMILES string of the molecule is CCCc1ccc(/C(F)=C(\F)c2ccc(OC)c(F)c2)cc1. The van der Waals surface area contributed by atoms with E-state index in [9.17, 15) is 13.2 Å². The fourth-order valence-electron chi connectivity index (χ4n) is 2.16. The van der Waals surface area contributed by atoms with Crippen molar-refractivity contribution in [2.24, 2.45) is 0 Å². The van der Waals surface area contributed by atoms with Crippen LogP contribution in [0.4, 0.5) is 13.2 Å². The van der Waals surface area contributed by atoms with Crippen molar-refractivity contribution in [2.45, 2.75) is 19.8 Å². The lowest BCUT2D eigenvalue weighted by atomic mass is 10.1. The predicted molar refractivity (Wildman–Crippen MR) is 82.4 cm³/mol. The van der Waals surface area contributed by atoms with Gasteiger partial charge in [0.2, 0.25) is 0 Å². The van der Waals surface area contributed by atoms with Gasteiger partial charge in [0.15, 0.2) is 23.2 Å². The zero-order chi connectivity index (χ0) is 16.1. The third-order valence-electron chi connectivity index (χ3n) is 3.34. The normalized spacial score (nSPS) is 12.0. The molecule has 0 bridgehead atoms. The van der Waals surface area contributed by atoms with Crippen molar-refractivity contribution in [1.29, 1.82) is 0 Å². The average molecular weight is 306 g/mol. The van der Waals surface area contributed by atoms with Crippen molar-refractivity contribution < 1.29 is 17.9 Å². The summed E-state index contributed by atoms with van der Waals surface area (Å²) in [6.07, 6.45) is 1.87. The summed E-state index contributed by atoms with van der Waals surface area (Å²) in [5.74, 6) is -2.85. The van der Waals surface area contributed by atoms with Crippen LogP contribution in [0.3, 0.4) is 0 Å². The van der Waals surface area contributed by atoms with E-state index in [1.807, 2.05) is 6.92 Å². The number of halogens is 3. The van der Waals surface area contributed by atoms with Gasteiger partial charge in [-0.25, -0.2) is 13.2 Å². The van der Waals surface area contributed by atoms with E-state index in [4.69, 9.17) is 4.74 Å². The Morgan fingerprint density at radius 2 is 1.55 bits per heavy atom. The van der Waals surface area contributed by atoms with Gasteiger partial charge in [0.25, 0.3) is 0 Å². The van der Waals surface area contributed by atoms with Crippen LogP contribution in [0, 0.1) is 5.82 Å². The number of ether oxygens (including phenoxy) is 1. The second-order valence-electron chi connectivity index (χ2n) is 4.92. The summed E-state index contributed by atoms with van der Waals surface area (Å²) in [7, 11) is 1.31. The van der Waals surface area contributed by atoms with Crippen LogP contribution in [-0.4, -0.2) is 7.11 Å². The summed E-state index contributed by atoms with van der Waals surface area (Å²) < 4.78 is 46.7. The largest absolute Gasteiger partial charge is 0.494 e. The molecule has 2 aromatic carbocycles. The Hall–Kier alpha value is -2.23. The summed E-state index contributed by atoms with van der Waals surface area (Å²) in [6.45, 7) is 2.05. The van der Waals surface area contributed by atoms with Crippen molar-refractivity contribution in [3.63, 3.8) is 0 Å². The minimum absolute atomic E-state index is 0.0131. The lowest BCUT2D eigenvalue weighted by molar-refractivity contribution is 0.386. The summed E-state index contributed by atoms with van der Waals surface area (Å²) in [5, 5.41) is 0. The maximum Gasteiger partial charge on any atom is 0.166 e. The molecule has 0 aliphatic rings. The quantitative estimate of drug-likeness (QED) is 0.658. The van der Waals surface area contributed by atoms with Gasteiger partial charge in [-0.15, -0.1) is 0 Å². The van der Waals surface area contributed by atoms with Crippen molar-refractivity contribution in [2.75, 3.05) is 7.11 Å². The molecule has 0 radical (unpaired) electrons. The van der Waals surface area contributed by atoms with E-state index in [2.05, 4.69) is 0 Å². The van der Waals surface area contributed by atoms with Crippen LogP contribution in [0.2, 0.25) is 0 Å². The minimum atomic E-state index is -1.09. The second kappa shape index (κ2) is 7.16. The zero-order valence-electron chi connectivity index (χ0n) is 12.5. The van der Waals surface area contributed by atoms with Gasteiger partial charge in [0, 0.05) is 11.1 Å². The van der Waals surface area contributed by atoms with Gasteiger partial charge in [0.05, 0.1) is 7.11 Å². The van der Waals surface area contributed by atoms with E-state index < -0.39 is 17.5 Å². The van der Waals surface area contributed by atoms with Crippen LogP contribution >= 0.6 is 0 Å². The van der Waals surface area contributed by atoms with E-state index in [0.717, 1.165) is 24.5 Å². The van der Waals surface area contributed by atoms with E-state index in [-0.39, 0.29) is 16.9 Å². The molecule has 0 fully saturated rings. The third kappa shape index (κ3) is 3.50. The molecule has 0 heterocycles. The number of benzene rings is 2. The Kier molecular flexibility index (Phi) is 5.26. The average Bonchev–Trinajstić information content (AvgIpc) is 2.54. The molecule has 0 aliphatic carbocycles. The molecular weight excluding hydrogens is 289 g/mol. The molecule has 22 heavy (non-hydrogen) atoms. The third-order valence-corrected chi connectivity index (χ3v) is 3.34. The van der Waals surface area contributed by atoms with E-state index in [1.54, 1.807) is 12.1 Å². The molecule has 0 saturated heterocycles. The second-order valence-corrected chi connectivity index (χ2v) is 4.92. The first-order chi connectivity index (χ1) is 10.6. The van der Waals surface area contributed by atoms with Gasteiger partial charge in [-0.05, 0) is 30.2 Å². The highest BCUT2D eigenvalue weighted by Gasteiger charge is 2.13.